The topological polar surface area (TPSA) is 96.0 Å². The molecule has 0 spiro atoms. The van der Waals surface area contributed by atoms with Gasteiger partial charge in [-0.05, 0) is 25.2 Å². The molecule has 1 aliphatic carbocycles. The zero-order valence-electron chi connectivity index (χ0n) is 10.6. The lowest BCUT2D eigenvalue weighted by Crippen LogP contribution is -2.43. The third kappa shape index (κ3) is 4.63. The Labute approximate surface area is 104 Å². The van der Waals surface area contributed by atoms with Crippen LogP contribution in [-0.2, 0) is 10.0 Å². The molecule has 0 aromatic carbocycles. The molecule has 1 rings (SSSR count). The molecule has 0 radical (unpaired) electrons. The van der Waals surface area contributed by atoms with Gasteiger partial charge in [0.15, 0.2) is 0 Å². The molecule has 0 aromatic rings. The van der Waals surface area contributed by atoms with Gasteiger partial charge in [-0.2, -0.15) is 0 Å². The molecule has 0 aromatic heterocycles. The molecule has 1 aliphatic rings. The minimum atomic E-state index is -3.23. The number of rotatable bonds is 6. The zero-order chi connectivity index (χ0) is 13.1. The summed E-state index contributed by atoms with van der Waals surface area (Å²) in [6, 6.07) is -0.176. The van der Waals surface area contributed by atoms with Gasteiger partial charge in [-0.15, -0.1) is 0 Å². The van der Waals surface area contributed by atoms with E-state index < -0.39 is 10.0 Å². The molecule has 0 bridgehead atoms. The minimum Gasteiger partial charge on any atom is -0.387 e. The maximum absolute atomic E-state index is 11.8. The lowest BCUT2D eigenvalue weighted by Gasteiger charge is -2.20. The number of hydrogen-bond donors (Lipinski definition) is 3. The monoisotopic (exact) mass is 261 g/mol. The molecule has 4 N–H and O–H groups in total. The second-order valence-electron chi connectivity index (χ2n) is 5.22. The summed E-state index contributed by atoms with van der Waals surface area (Å²) >= 11 is 0. The summed E-state index contributed by atoms with van der Waals surface area (Å²) in [5.41, 5.74) is 5.48. The minimum absolute atomic E-state index is 0.0964. The Morgan fingerprint density at radius 1 is 1.47 bits per heavy atom. The average Bonchev–Trinajstić information content (AvgIpc) is 2.62. The first-order valence-electron chi connectivity index (χ1n) is 6.15. The molecular weight excluding hydrogens is 238 g/mol. The van der Waals surface area contributed by atoms with Crippen molar-refractivity contribution in [3.63, 3.8) is 0 Å². The van der Waals surface area contributed by atoms with Crippen molar-refractivity contribution in [2.75, 3.05) is 5.75 Å². The second kappa shape index (κ2) is 5.82. The van der Waals surface area contributed by atoms with Crippen LogP contribution in [0, 0.1) is 17.2 Å². The van der Waals surface area contributed by atoms with Crippen molar-refractivity contribution < 1.29 is 8.42 Å². The summed E-state index contributed by atoms with van der Waals surface area (Å²) in [7, 11) is -3.23. The van der Waals surface area contributed by atoms with Gasteiger partial charge in [-0.25, -0.2) is 13.1 Å². The summed E-state index contributed by atoms with van der Waals surface area (Å²) in [6.45, 7) is 4.01. The normalized spacial score (nSPS) is 25.4. The van der Waals surface area contributed by atoms with E-state index in [1.54, 1.807) is 0 Å². The van der Waals surface area contributed by atoms with E-state index in [-0.39, 0.29) is 23.5 Å². The molecule has 5 nitrogen and oxygen atoms in total. The molecular formula is C11H23N3O2S. The van der Waals surface area contributed by atoms with Crippen molar-refractivity contribution in [2.45, 2.75) is 45.6 Å². The number of amidine groups is 1. The van der Waals surface area contributed by atoms with Gasteiger partial charge in [0.25, 0.3) is 0 Å². The van der Waals surface area contributed by atoms with Gasteiger partial charge in [0, 0.05) is 12.0 Å². The van der Waals surface area contributed by atoms with E-state index in [2.05, 4.69) is 4.72 Å². The van der Waals surface area contributed by atoms with E-state index in [0.717, 1.165) is 19.3 Å². The fraction of sp³-hybridized carbons (Fsp3) is 0.909. The van der Waals surface area contributed by atoms with Gasteiger partial charge in [0.05, 0.1) is 11.6 Å². The molecule has 6 heteroatoms. The van der Waals surface area contributed by atoms with Crippen molar-refractivity contribution in [3.8, 4) is 0 Å². The van der Waals surface area contributed by atoms with Gasteiger partial charge in [0.1, 0.15) is 0 Å². The maximum Gasteiger partial charge on any atom is 0.211 e. The maximum atomic E-state index is 11.8. The Morgan fingerprint density at radius 2 is 2.12 bits per heavy atom. The zero-order valence-corrected chi connectivity index (χ0v) is 11.4. The number of nitrogens with one attached hydrogen (secondary N) is 2. The second-order valence-corrected chi connectivity index (χ2v) is 7.09. The highest BCUT2D eigenvalue weighted by Crippen LogP contribution is 2.26. The van der Waals surface area contributed by atoms with Gasteiger partial charge >= 0.3 is 0 Å². The molecule has 100 valence electrons. The molecule has 2 unspecified atom stereocenters. The summed E-state index contributed by atoms with van der Waals surface area (Å²) in [5, 5.41) is 7.44. The van der Waals surface area contributed by atoms with E-state index in [0.29, 0.717) is 12.3 Å². The van der Waals surface area contributed by atoms with Crippen LogP contribution >= 0.6 is 0 Å². The lowest BCUT2D eigenvalue weighted by atomic mass is 10.0. The first-order valence-corrected chi connectivity index (χ1v) is 7.81. The summed E-state index contributed by atoms with van der Waals surface area (Å²) in [6.07, 6.45) is 3.19. The fourth-order valence-corrected chi connectivity index (χ4v) is 3.80. The number of hydrogen-bond acceptors (Lipinski definition) is 3. The van der Waals surface area contributed by atoms with Crippen LogP contribution in [-0.4, -0.2) is 26.0 Å². The van der Waals surface area contributed by atoms with Crippen molar-refractivity contribution in [3.05, 3.63) is 0 Å². The van der Waals surface area contributed by atoms with E-state index in [9.17, 15) is 8.42 Å². The number of nitrogens with two attached hydrogens (primary N) is 1. The van der Waals surface area contributed by atoms with E-state index in [1.165, 1.54) is 0 Å². The molecule has 0 aliphatic heterocycles. The number of sulfonamides is 1. The Morgan fingerprint density at radius 3 is 2.65 bits per heavy atom. The molecule has 1 fully saturated rings. The highest BCUT2D eigenvalue weighted by atomic mass is 32.2. The predicted octanol–water partition coefficient (Wildman–Crippen LogP) is 1.06. The van der Waals surface area contributed by atoms with Gasteiger partial charge in [-0.1, -0.05) is 20.3 Å². The van der Waals surface area contributed by atoms with Crippen LogP contribution in [0.1, 0.15) is 39.5 Å². The predicted molar refractivity (Wildman–Crippen MR) is 69.4 cm³/mol. The standard InChI is InChI=1S/C11H23N3O2S/c1-8(2)6-7-17(15,16)14-10-5-3-4-9(10)11(12)13/h8-10,14H,3-7H2,1-2H3,(H3,12,13). The van der Waals surface area contributed by atoms with E-state index >= 15 is 0 Å². The molecule has 0 heterocycles. The Hall–Kier alpha value is -0.620. The third-order valence-electron chi connectivity index (χ3n) is 3.21. The van der Waals surface area contributed by atoms with Crippen molar-refractivity contribution in [2.24, 2.45) is 17.6 Å². The van der Waals surface area contributed by atoms with Crippen LogP contribution < -0.4 is 10.5 Å². The smallest absolute Gasteiger partial charge is 0.211 e. The average molecular weight is 261 g/mol. The fourth-order valence-electron chi connectivity index (χ4n) is 2.15. The highest BCUT2D eigenvalue weighted by Gasteiger charge is 2.32. The van der Waals surface area contributed by atoms with Crippen molar-refractivity contribution in [1.29, 1.82) is 5.41 Å². The molecule has 1 saturated carbocycles. The van der Waals surface area contributed by atoms with Crippen LogP contribution in [0.5, 0.6) is 0 Å². The van der Waals surface area contributed by atoms with Crippen LogP contribution in [0.3, 0.4) is 0 Å². The first kappa shape index (κ1) is 14.4. The van der Waals surface area contributed by atoms with Gasteiger partial charge < -0.3 is 5.73 Å². The summed E-state index contributed by atoms with van der Waals surface area (Å²) < 4.78 is 26.4. The Balaban J connectivity index is 2.55. The van der Waals surface area contributed by atoms with Crippen molar-refractivity contribution >= 4 is 15.9 Å². The van der Waals surface area contributed by atoms with Crippen molar-refractivity contribution in [1.82, 2.24) is 4.72 Å². The third-order valence-corrected chi connectivity index (χ3v) is 4.65. The quantitative estimate of drug-likeness (QED) is 0.492. The Kier molecular flexibility index (Phi) is 4.94. The molecule has 0 saturated heterocycles. The van der Waals surface area contributed by atoms with E-state index in [4.69, 9.17) is 11.1 Å². The summed E-state index contributed by atoms with van der Waals surface area (Å²) in [5.74, 6) is 0.507. The Bertz CT molecular complexity index is 365. The lowest BCUT2D eigenvalue weighted by molar-refractivity contribution is 0.514. The van der Waals surface area contributed by atoms with Crippen LogP contribution in [0.25, 0.3) is 0 Å². The molecule has 0 amide bonds. The van der Waals surface area contributed by atoms with E-state index in [1.807, 2.05) is 13.8 Å². The van der Waals surface area contributed by atoms with Gasteiger partial charge in [-0.3, -0.25) is 5.41 Å². The van der Waals surface area contributed by atoms with Crippen LogP contribution in [0.2, 0.25) is 0 Å². The molecule has 17 heavy (non-hydrogen) atoms. The SMILES string of the molecule is CC(C)CCS(=O)(=O)NC1CCCC1C(=N)N. The largest absolute Gasteiger partial charge is 0.387 e. The molecule has 2 atom stereocenters. The van der Waals surface area contributed by atoms with Gasteiger partial charge in [0.2, 0.25) is 10.0 Å². The highest BCUT2D eigenvalue weighted by molar-refractivity contribution is 7.89. The first-order chi connectivity index (χ1) is 7.82. The summed E-state index contributed by atoms with van der Waals surface area (Å²) in [4.78, 5) is 0. The van der Waals surface area contributed by atoms with Crippen LogP contribution in [0.4, 0.5) is 0 Å². The van der Waals surface area contributed by atoms with Crippen LogP contribution in [0.15, 0.2) is 0 Å².